The highest BCUT2D eigenvalue weighted by Gasteiger charge is 2.47. The molecule has 0 spiro atoms. The number of hydrogen-bond donors (Lipinski definition) is 0. The maximum absolute atomic E-state index is 12.7. The molecule has 0 bridgehead atoms. The average molecular weight is 379 g/mol. The van der Waals surface area contributed by atoms with E-state index < -0.39 is 16.1 Å². The van der Waals surface area contributed by atoms with Gasteiger partial charge in [-0.05, 0) is 43.7 Å². The minimum atomic E-state index is -3.17. The lowest BCUT2D eigenvalue weighted by molar-refractivity contribution is -0.142. The van der Waals surface area contributed by atoms with Gasteiger partial charge in [0.2, 0.25) is 10.0 Å². The van der Waals surface area contributed by atoms with E-state index in [2.05, 4.69) is 4.98 Å². The van der Waals surface area contributed by atoms with Crippen LogP contribution < -0.4 is 0 Å². The fraction of sp³-hybridized carbons (Fsp3) is 0.667. The average Bonchev–Trinajstić information content (AvgIpc) is 3.41. The van der Waals surface area contributed by atoms with Crippen molar-refractivity contribution in [1.29, 1.82) is 0 Å². The quantitative estimate of drug-likeness (QED) is 0.763. The van der Waals surface area contributed by atoms with Gasteiger partial charge in [-0.3, -0.25) is 9.78 Å². The summed E-state index contributed by atoms with van der Waals surface area (Å²) in [6.07, 6.45) is 4.04. The molecule has 2 aliphatic heterocycles. The predicted molar refractivity (Wildman–Crippen MR) is 95.6 cm³/mol. The molecule has 3 heterocycles. The van der Waals surface area contributed by atoms with Crippen LogP contribution in [0.3, 0.4) is 0 Å². The van der Waals surface area contributed by atoms with Crippen molar-refractivity contribution in [2.24, 2.45) is 5.92 Å². The van der Waals surface area contributed by atoms with E-state index in [1.165, 1.54) is 0 Å². The van der Waals surface area contributed by atoms with E-state index in [0.717, 1.165) is 25.0 Å². The van der Waals surface area contributed by atoms with Gasteiger partial charge < -0.3 is 9.64 Å². The van der Waals surface area contributed by atoms with Crippen molar-refractivity contribution < 1.29 is 17.9 Å². The molecule has 0 unspecified atom stereocenters. The predicted octanol–water partition coefficient (Wildman–Crippen LogP) is 1.01. The fourth-order valence-electron chi connectivity index (χ4n) is 3.93. The summed E-state index contributed by atoms with van der Waals surface area (Å²) in [6.45, 7) is 1.38. The molecule has 1 saturated carbocycles. The second-order valence-electron chi connectivity index (χ2n) is 7.57. The van der Waals surface area contributed by atoms with Gasteiger partial charge in [0.15, 0.2) is 0 Å². The first kappa shape index (κ1) is 17.9. The Morgan fingerprint density at radius 3 is 2.85 bits per heavy atom. The summed E-state index contributed by atoms with van der Waals surface area (Å²) in [7, 11) is -1.42. The van der Waals surface area contributed by atoms with E-state index in [1.54, 1.807) is 22.4 Å². The zero-order valence-corrected chi connectivity index (χ0v) is 15.8. The number of sulfonamides is 1. The number of carbonyl (C=O) groups is 1. The van der Waals surface area contributed by atoms with Crippen LogP contribution in [-0.2, 0) is 26.1 Å². The highest BCUT2D eigenvalue weighted by atomic mass is 32.2. The van der Waals surface area contributed by atoms with Crippen LogP contribution in [0.4, 0.5) is 0 Å². The number of piperidine rings is 1. The molecule has 8 heteroatoms. The lowest BCUT2D eigenvalue weighted by Crippen LogP contribution is -2.46. The number of nitrogens with zero attached hydrogens (tertiary/aromatic N) is 3. The molecule has 0 aromatic carbocycles. The van der Waals surface area contributed by atoms with Crippen LogP contribution >= 0.6 is 0 Å². The Hall–Kier alpha value is -1.51. The topological polar surface area (TPSA) is 79.8 Å². The first-order valence-corrected chi connectivity index (χ1v) is 10.7. The normalized spacial score (nSPS) is 29.3. The summed E-state index contributed by atoms with van der Waals surface area (Å²) in [6, 6.07) is 5.63. The molecule has 3 aliphatic rings. The third-order valence-electron chi connectivity index (χ3n) is 5.60. The zero-order chi connectivity index (χ0) is 18.3. The minimum absolute atomic E-state index is 0.0540. The largest absolute Gasteiger partial charge is 0.363 e. The highest BCUT2D eigenvalue weighted by molar-refractivity contribution is 7.90. The third kappa shape index (κ3) is 3.50. The Morgan fingerprint density at radius 2 is 2.15 bits per heavy atom. The molecular formula is C18H25N3O4S. The monoisotopic (exact) mass is 379 g/mol. The number of carbonyl (C=O) groups excluding carboxylic acids is 1. The van der Waals surface area contributed by atoms with Crippen LogP contribution in [0.15, 0.2) is 24.4 Å². The van der Waals surface area contributed by atoms with Gasteiger partial charge in [0.25, 0.3) is 5.91 Å². The van der Waals surface area contributed by atoms with E-state index in [4.69, 9.17) is 4.74 Å². The van der Waals surface area contributed by atoms with E-state index in [9.17, 15) is 13.2 Å². The first-order chi connectivity index (χ1) is 12.4. The van der Waals surface area contributed by atoms with Gasteiger partial charge in [-0.1, -0.05) is 6.07 Å². The van der Waals surface area contributed by atoms with Crippen molar-refractivity contribution >= 4 is 15.9 Å². The van der Waals surface area contributed by atoms with Gasteiger partial charge in [-0.25, -0.2) is 8.42 Å². The number of pyridine rings is 1. The number of likely N-dealkylation sites (N-methyl/N-ethyl adjacent to an activating group) is 1. The number of hydrogen-bond acceptors (Lipinski definition) is 5. The molecule has 1 aliphatic carbocycles. The molecule has 142 valence electrons. The van der Waals surface area contributed by atoms with Crippen LogP contribution in [0.5, 0.6) is 0 Å². The number of ether oxygens (including phenoxy) is 1. The van der Waals surface area contributed by atoms with Gasteiger partial charge in [-0.2, -0.15) is 4.31 Å². The third-order valence-corrected chi connectivity index (χ3v) is 7.96. The molecule has 3 fully saturated rings. The van der Waals surface area contributed by atoms with Gasteiger partial charge in [-0.15, -0.1) is 0 Å². The lowest BCUT2D eigenvalue weighted by Gasteiger charge is -2.33. The summed E-state index contributed by atoms with van der Waals surface area (Å²) in [4.78, 5) is 18.6. The summed E-state index contributed by atoms with van der Waals surface area (Å²) >= 11 is 0. The summed E-state index contributed by atoms with van der Waals surface area (Å²) in [5.74, 6) is 0.208. The van der Waals surface area contributed by atoms with E-state index in [1.807, 2.05) is 18.2 Å². The van der Waals surface area contributed by atoms with Crippen molar-refractivity contribution in [3.05, 3.63) is 30.1 Å². The maximum atomic E-state index is 12.7. The molecule has 2 saturated heterocycles. The Kier molecular flexibility index (Phi) is 4.75. The van der Waals surface area contributed by atoms with Gasteiger partial charge >= 0.3 is 0 Å². The van der Waals surface area contributed by atoms with Crippen molar-refractivity contribution in [3.8, 4) is 0 Å². The van der Waals surface area contributed by atoms with E-state index in [0.29, 0.717) is 26.1 Å². The minimum Gasteiger partial charge on any atom is -0.363 e. The van der Waals surface area contributed by atoms with E-state index in [-0.39, 0.29) is 23.2 Å². The standard InChI is InChI=1S/C18H25N3O4S/c1-20(11-14-4-2-3-8-19-14)18(22)16-10-13-7-9-21(12-17(13)25-16)26(23,24)15-5-6-15/h2-4,8,13,15-17H,5-7,9-12H2,1H3/t13-,16-,17+/m0/s1. The Labute approximate surface area is 154 Å². The maximum Gasteiger partial charge on any atom is 0.251 e. The molecule has 0 N–H and O–H groups in total. The second kappa shape index (κ2) is 6.90. The molecule has 0 radical (unpaired) electrons. The zero-order valence-electron chi connectivity index (χ0n) is 15.0. The SMILES string of the molecule is CN(Cc1ccccn1)C(=O)[C@@H]1C[C@@H]2CCN(S(=O)(=O)C3CC3)C[C@H]2O1. The summed E-state index contributed by atoms with van der Waals surface area (Å²) in [5.41, 5.74) is 0.834. The van der Waals surface area contributed by atoms with Crippen molar-refractivity contribution in [2.75, 3.05) is 20.1 Å². The van der Waals surface area contributed by atoms with Crippen molar-refractivity contribution in [2.45, 2.75) is 49.7 Å². The summed E-state index contributed by atoms with van der Waals surface area (Å²) in [5, 5.41) is -0.192. The van der Waals surface area contributed by atoms with Crippen LogP contribution in [0.1, 0.15) is 31.4 Å². The lowest BCUT2D eigenvalue weighted by atomic mass is 9.92. The van der Waals surface area contributed by atoms with Crippen LogP contribution in [0.2, 0.25) is 0 Å². The molecule has 3 atom stereocenters. The highest BCUT2D eigenvalue weighted by Crippen LogP contribution is 2.38. The molecule has 26 heavy (non-hydrogen) atoms. The number of fused-ring (bicyclic) bond motifs is 1. The molecular weight excluding hydrogens is 354 g/mol. The van der Waals surface area contributed by atoms with Gasteiger partial charge in [0, 0.05) is 26.3 Å². The molecule has 4 rings (SSSR count). The Bertz CT molecular complexity index is 766. The fourth-order valence-corrected chi connectivity index (χ4v) is 5.80. The number of rotatable bonds is 5. The smallest absolute Gasteiger partial charge is 0.251 e. The van der Waals surface area contributed by atoms with Crippen LogP contribution in [0.25, 0.3) is 0 Å². The number of aromatic nitrogens is 1. The van der Waals surface area contributed by atoms with Gasteiger partial charge in [0.05, 0.1) is 23.6 Å². The second-order valence-corrected chi connectivity index (χ2v) is 9.78. The number of amides is 1. The molecule has 1 amide bonds. The Balaban J connectivity index is 1.36. The molecule has 1 aromatic heterocycles. The molecule has 7 nitrogen and oxygen atoms in total. The van der Waals surface area contributed by atoms with Crippen LogP contribution in [0, 0.1) is 5.92 Å². The van der Waals surface area contributed by atoms with Gasteiger partial charge in [0.1, 0.15) is 6.10 Å². The Morgan fingerprint density at radius 1 is 1.35 bits per heavy atom. The summed E-state index contributed by atoms with van der Waals surface area (Å²) < 4.78 is 32.5. The van der Waals surface area contributed by atoms with E-state index >= 15 is 0 Å². The van der Waals surface area contributed by atoms with Crippen LogP contribution in [-0.4, -0.2) is 66.1 Å². The van der Waals surface area contributed by atoms with Crippen molar-refractivity contribution in [3.63, 3.8) is 0 Å². The molecule has 1 aromatic rings. The first-order valence-electron chi connectivity index (χ1n) is 9.24. The van der Waals surface area contributed by atoms with Crippen molar-refractivity contribution in [1.82, 2.24) is 14.2 Å².